The van der Waals surface area contributed by atoms with E-state index in [9.17, 15) is 4.39 Å². The minimum atomic E-state index is -0.876. The van der Waals surface area contributed by atoms with E-state index in [0.717, 1.165) is 41.7 Å². The third kappa shape index (κ3) is 10.8. The van der Waals surface area contributed by atoms with Crippen molar-refractivity contribution in [3.05, 3.63) is 71.9 Å². The van der Waals surface area contributed by atoms with Crippen LogP contribution in [0.25, 0.3) is 0 Å². The highest BCUT2D eigenvalue weighted by Crippen LogP contribution is 2.19. The highest BCUT2D eigenvalue weighted by atomic mass is 19.1. The van der Waals surface area contributed by atoms with Gasteiger partial charge < -0.3 is 20.5 Å². The molecule has 0 amide bonds. The van der Waals surface area contributed by atoms with Crippen molar-refractivity contribution >= 4 is 0 Å². The highest BCUT2D eigenvalue weighted by molar-refractivity contribution is 5.43. The number of pyridine rings is 1. The fourth-order valence-electron chi connectivity index (χ4n) is 2.73. The molecule has 0 fully saturated rings. The average molecular weight is 432 g/mol. The first-order chi connectivity index (χ1) is 14.9. The van der Waals surface area contributed by atoms with Crippen molar-refractivity contribution < 1.29 is 14.2 Å². The van der Waals surface area contributed by atoms with Crippen LogP contribution in [0.2, 0.25) is 0 Å². The summed E-state index contributed by atoms with van der Waals surface area (Å²) in [5, 5.41) is 15.4. The molecule has 1 unspecified atom stereocenters. The van der Waals surface area contributed by atoms with E-state index in [4.69, 9.17) is 9.84 Å². The van der Waals surface area contributed by atoms with Crippen LogP contribution in [0.1, 0.15) is 50.8 Å². The molecule has 0 spiro atoms. The molecule has 0 saturated heterocycles. The van der Waals surface area contributed by atoms with Crippen molar-refractivity contribution in [2.24, 2.45) is 0 Å². The van der Waals surface area contributed by atoms with Crippen LogP contribution in [0.3, 0.4) is 0 Å². The van der Waals surface area contributed by atoms with Gasteiger partial charge in [-0.15, -0.1) is 0 Å². The summed E-state index contributed by atoms with van der Waals surface area (Å²) in [7, 11) is 0. The normalized spacial score (nSPS) is 12.6. The summed E-state index contributed by atoms with van der Waals surface area (Å²) < 4.78 is 18.5. The van der Waals surface area contributed by atoms with Gasteiger partial charge in [0, 0.05) is 24.9 Å². The first-order valence-electron chi connectivity index (χ1n) is 10.9. The van der Waals surface area contributed by atoms with Gasteiger partial charge >= 0.3 is 0 Å². The van der Waals surface area contributed by atoms with Crippen LogP contribution in [0.15, 0.2) is 60.6 Å². The first-order valence-corrected chi connectivity index (χ1v) is 10.9. The zero-order valence-corrected chi connectivity index (χ0v) is 19.2. The van der Waals surface area contributed by atoms with Crippen LogP contribution in [-0.2, 0) is 6.54 Å². The molecule has 0 aromatic carbocycles. The summed E-state index contributed by atoms with van der Waals surface area (Å²) in [6, 6.07) is 1.96. The van der Waals surface area contributed by atoms with E-state index in [1.807, 2.05) is 19.2 Å². The second-order valence-electron chi connectivity index (χ2n) is 7.48. The zero-order chi connectivity index (χ0) is 23.1. The number of nitrogens with one attached hydrogen (secondary N) is 2. The van der Waals surface area contributed by atoms with E-state index in [1.54, 1.807) is 6.20 Å². The number of aryl methyl sites for hydroxylation is 1. The summed E-state index contributed by atoms with van der Waals surface area (Å²) in [4.78, 5) is 4.44. The molecular formula is C25H38FN3O2. The summed E-state index contributed by atoms with van der Waals surface area (Å²) in [6.07, 6.45) is 10.3. The summed E-state index contributed by atoms with van der Waals surface area (Å²) >= 11 is 0. The van der Waals surface area contributed by atoms with Crippen molar-refractivity contribution in [3.8, 4) is 5.75 Å². The van der Waals surface area contributed by atoms with Crippen molar-refractivity contribution in [1.29, 1.82) is 0 Å². The Morgan fingerprint density at radius 3 is 2.77 bits per heavy atom. The monoisotopic (exact) mass is 431 g/mol. The van der Waals surface area contributed by atoms with E-state index in [1.165, 1.54) is 6.92 Å². The third-order valence-electron chi connectivity index (χ3n) is 4.61. The van der Waals surface area contributed by atoms with E-state index in [-0.39, 0.29) is 6.61 Å². The number of unbranched alkanes of at least 4 members (excludes halogenated alkanes) is 1. The number of allylic oxidation sites excluding steroid dienone is 3. The van der Waals surface area contributed by atoms with E-state index >= 15 is 0 Å². The molecule has 0 saturated carbocycles. The molecule has 0 radical (unpaired) electrons. The third-order valence-corrected chi connectivity index (χ3v) is 4.61. The maximum absolute atomic E-state index is 12.9. The molecule has 1 heterocycles. The Kier molecular flexibility index (Phi) is 13.0. The lowest BCUT2D eigenvalue weighted by atomic mass is 10.0. The molecule has 0 aliphatic rings. The molecule has 1 aromatic rings. The number of aliphatic hydroxyl groups excluding tert-OH is 1. The Morgan fingerprint density at radius 2 is 2.13 bits per heavy atom. The maximum atomic E-state index is 12.9. The van der Waals surface area contributed by atoms with Crippen LogP contribution in [0.5, 0.6) is 5.75 Å². The minimum Gasteiger partial charge on any atom is -0.492 e. The van der Waals surface area contributed by atoms with E-state index < -0.39 is 6.17 Å². The molecule has 172 valence electrons. The Hall–Kier alpha value is -2.60. The lowest BCUT2D eigenvalue weighted by molar-refractivity contribution is 0.245. The number of hydrogen-bond donors (Lipinski definition) is 3. The van der Waals surface area contributed by atoms with Gasteiger partial charge in [-0.2, -0.15) is 0 Å². The highest BCUT2D eigenvalue weighted by Gasteiger charge is 2.07. The van der Waals surface area contributed by atoms with E-state index in [2.05, 4.69) is 47.9 Å². The average Bonchev–Trinajstić information content (AvgIpc) is 2.74. The molecule has 1 rings (SSSR count). The van der Waals surface area contributed by atoms with Crippen LogP contribution in [0, 0.1) is 6.92 Å². The van der Waals surface area contributed by atoms with Gasteiger partial charge in [-0.05, 0) is 49.5 Å². The Labute approximate surface area is 186 Å². The largest absolute Gasteiger partial charge is 0.492 e. The molecule has 6 heteroatoms. The molecule has 0 aliphatic heterocycles. The van der Waals surface area contributed by atoms with Crippen molar-refractivity contribution in [2.75, 3.05) is 19.8 Å². The van der Waals surface area contributed by atoms with Crippen molar-refractivity contribution in [1.82, 2.24) is 15.6 Å². The number of rotatable bonds is 16. The summed E-state index contributed by atoms with van der Waals surface area (Å²) in [6.45, 7) is 15.2. The second kappa shape index (κ2) is 15.2. The zero-order valence-electron chi connectivity index (χ0n) is 19.2. The van der Waals surface area contributed by atoms with E-state index in [0.29, 0.717) is 37.6 Å². The molecular weight excluding hydrogens is 393 g/mol. The van der Waals surface area contributed by atoms with Crippen LogP contribution < -0.4 is 15.4 Å². The number of alkyl halides is 1. The maximum Gasteiger partial charge on any atom is 0.140 e. The molecule has 1 atom stereocenters. The number of halogens is 1. The second-order valence-corrected chi connectivity index (χ2v) is 7.48. The van der Waals surface area contributed by atoms with Gasteiger partial charge in [-0.3, -0.25) is 4.98 Å². The smallest absolute Gasteiger partial charge is 0.140 e. The Bertz CT molecular complexity index is 757. The predicted octanol–water partition coefficient (Wildman–Crippen LogP) is 4.89. The molecule has 0 bridgehead atoms. The molecule has 1 aromatic heterocycles. The Morgan fingerprint density at radius 1 is 1.35 bits per heavy atom. The van der Waals surface area contributed by atoms with Crippen LogP contribution >= 0.6 is 0 Å². The summed E-state index contributed by atoms with van der Waals surface area (Å²) in [5.41, 5.74) is 4.36. The van der Waals surface area contributed by atoms with Crippen molar-refractivity contribution in [3.63, 3.8) is 0 Å². The standard InChI is InChI=1S/C25H38FN3O2/c1-6-7-8-9-10-23(21(4)22(5)28-12-13-30)16-27-17-24-15-19(2)25(18-29-24)31-14-11-20(3)26/h8-9,15-16,18,20,27-28,30H,4-7,10-14,17H2,1-3H3/b9-8-,23-16+. The molecule has 31 heavy (non-hydrogen) atoms. The van der Waals surface area contributed by atoms with Gasteiger partial charge in [0.1, 0.15) is 11.9 Å². The number of nitrogens with zero attached hydrogens (tertiary/aromatic N) is 1. The lowest BCUT2D eigenvalue weighted by Crippen LogP contribution is -2.19. The van der Waals surface area contributed by atoms with Gasteiger partial charge in [-0.1, -0.05) is 38.7 Å². The molecule has 0 aliphatic carbocycles. The van der Waals surface area contributed by atoms with Gasteiger partial charge in [-0.25, -0.2) is 4.39 Å². The van der Waals surface area contributed by atoms with Crippen molar-refractivity contribution in [2.45, 2.75) is 59.2 Å². The van der Waals surface area contributed by atoms with Gasteiger partial charge in [0.15, 0.2) is 0 Å². The minimum absolute atomic E-state index is 0.0392. The number of ether oxygens (including phenoxy) is 1. The quantitative estimate of drug-likeness (QED) is 0.257. The van der Waals surface area contributed by atoms with Crippen LogP contribution in [0.4, 0.5) is 4.39 Å². The topological polar surface area (TPSA) is 66.4 Å². The fraction of sp³-hybridized carbons (Fsp3) is 0.480. The summed E-state index contributed by atoms with van der Waals surface area (Å²) in [5.74, 6) is 0.682. The van der Waals surface area contributed by atoms with Crippen LogP contribution in [-0.4, -0.2) is 36.0 Å². The molecule has 3 N–H and O–H groups in total. The molecule has 5 nitrogen and oxygen atoms in total. The fourth-order valence-corrected chi connectivity index (χ4v) is 2.73. The van der Waals surface area contributed by atoms with Gasteiger partial charge in [0.25, 0.3) is 0 Å². The first kappa shape index (κ1) is 26.4. The number of aromatic nitrogens is 1. The number of aliphatic hydroxyl groups is 1. The van der Waals surface area contributed by atoms with Gasteiger partial charge in [0.05, 0.1) is 31.6 Å². The number of hydrogen-bond acceptors (Lipinski definition) is 5. The lowest BCUT2D eigenvalue weighted by Gasteiger charge is -2.15. The SMILES string of the molecule is C=C(NCCO)C(=C)/C(=C/NCc1cc(C)c(OCCC(C)F)cn1)C/C=C\CCC. The predicted molar refractivity (Wildman–Crippen MR) is 127 cm³/mol. The Balaban J connectivity index is 2.75. The van der Waals surface area contributed by atoms with Gasteiger partial charge in [0.2, 0.25) is 0 Å².